The van der Waals surface area contributed by atoms with Crippen molar-refractivity contribution in [3.63, 3.8) is 0 Å². The molecule has 0 saturated carbocycles. The van der Waals surface area contributed by atoms with E-state index in [1.165, 1.54) is 0 Å². The molecule has 62 valence electrons. The van der Waals surface area contributed by atoms with E-state index in [1.807, 2.05) is 36.4 Å². The Balaban J connectivity index is 0.000000120. The Hall–Kier alpha value is -1.57. The number of allylic oxidation sites excluding steroid dienone is 2. The van der Waals surface area contributed by atoms with Crippen LogP contribution >= 0.6 is 0 Å². The van der Waals surface area contributed by atoms with Gasteiger partial charge in [0.15, 0.2) is 0 Å². The van der Waals surface area contributed by atoms with Crippen LogP contribution in [-0.4, -0.2) is 11.6 Å². The maximum absolute atomic E-state index is 4.80. The molecule has 2 heteroatoms. The number of hydrogen-bond acceptors (Lipinski definition) is 2. The van der Waals surface area contributed by atoms with Crippen LogP contribution in [0, 0.1) is 0 Å². The lowest BCUT2D eigenvalue weighted by atomic mass is 10.5. The number of nitrogens with zero attached hydrogens (tertiary/aromatic N) is 1. The van der Waals surface area contributed by atoms with E-state index in [9.17, 15) is 0 Å². The summed E-state index contributed by atoms with van der Waals surface area (Å²) in [6.07, 6.45) is 11.0. The van der Waals surface area contributed by atoms with E-state index < -0.39 is 0 Å². The maximum Gasteiger partial charge on any atom is 0.106 e. The molecule has 1 aromatic heterocycles. The van der Waals surface area contributed by atoms with Crippen LogP contribution in [0.15, 0.2) is 55.1 Å². The normalized spacial score (nSPS) is 12.7. The first kappa shape index (κ1) is 8.53. The topological polar surface area (TPSA) is 22.1 Å². The molecule has 1 aliphatic heterocycles. The highest BCUT2D eigenvalue weighted by atomic mass is 16.5. The zero-order valence-corrected chi connectivity index (χ0v) is 6.76. The summed E-state index contributed by atoms with van der Waals surface area (Å²) in [5.74, 6) is 0. The Morgan fingerprint density at radius 3 is 2.00 bits per heavy atom. The van der Waals surface area contributed by atoms with Gasteiger partial charge >= 0.3 is 0 Å². The van der Waals surface area contributed by atoms with E-state index in [0.717, 1.165) is 6.61 Å². The average molecular weight is 161 g/mol. The lowest BCUT2D eigenvalue weighted by Crippen LogP contribution is -1.82. The minimum Gasteiger partial charge on any atom is -0.497 e. The monoisotopic (exact) mass is 161 g/mol. The molecule has 2 heterocycles. The molecule has 1 aliphatic rings. The summed E-state index contributed by atoms with van der Waals surface area (Å²) in [6.45, 7) is 0.733. The average Bonchev–Trinajstić information content (AvgIpc) is 2.24. The molecule has 0 bridgehead atoms. The molecule has 0 amide bonds. The third kappa shape index (κ3) is 4.28. The highest BCUT2D eigenvalue weighted by molar-refractivity contribution is 5.02. The summed E-state index contributed by atoms with van der Waals surface area (Å²) < 4.78 is 4.80. The van der Waals surface area contributed by atoms with Crippen LogP contribution < -0.4 is 0 Å². The van der Waals surface area contributed by atoms with Crippen LogP contribution in [0.25, 0.3) is 0 Å². The van der Waals surface area contributed by atoms with E-state index in [1.54, 1.807) is 18.7 Å². The molecule has 0 spiro atoms. The van der Waals surface area contributed by atoms with E-state index in [2.05, 4.69) is 4.98 Å². The van der Waals surface area contributed by atoms with Gasteiger partial charge in [-0.2, -0.15) is 0 Å². The Kier molecular flexibility index (Phi) is 4.38. The van der Waals surface area contributed by atoms with Crippen molar-refractivity contribution in [2.24, 2.45) is 0 Å². The molecule has 0 saturated heterocycles. The number of rotatable bonds is 0. The van der Waals surface area contributed by atoms with Crippen LogP contribution in [0.4, 0.5) is 0 Å². The van der Waals surface area contributed by atoms with Crippen molar-refractivity contribution in [2.45, 2.75) is 0 Å². The summed E-state index contributed by atoms with van der Waals surface area (Å²) >= 11 is 0. The molecule has 0 fully saturated rings. The van der Waals surface area contributed by atoms with Gasteiger partial charge in [0.05, 0.1) is 6.26 Å². The summed E-state index contributed by atoms with van der Waals surface area (Å²) in [5.41, 5.74) is 0. The van der Waals surface area contributed by atoms with E-state index in [4.69, 9.17) is 4.74 Å². The summed E-state index contributed by atoms with van der Waals surface area (Å²) in [7, 11) is 0. The molecule has 0 unspecified atom stereocenters. The van der Waals surface area contributed by atoms with Gasteiger partial charge in [-0.05, 0) is 24.3 Å². The van der Waals surface area contributed by atoms with Crippen LogP contribution in [0.1, 0.15) is 0 Å². The van der Waals surface area contributed by atoms with Crippen molar-refractivity contribution in [1.82, 2.24) is 4.98 Å². The Bertz CT molecular complexity index is 203. The van der Waals surface area contributed by atoms with Gasteiger partial charge in [0, 0.05) is 12.4 Å². The third-order valence-corrected chi connectivity index (χ3v) is 1.18. The molecule has 12 heavy (non-hydrogen) atoms. The van der Waals surface area contributed by atoms with Crippen molar-refractivity contribution < 1.29 is 4.74 Å². The molecular weight excluding hydrogens is 150 g/mol. The first-order valence-corrected chi connectivity index (χ1v) is 3.78. The maximum atomic E-state index is 4.80. The first-order valence-electron chi connectivity index (χ1n) is 3.78. The minimum absolute atomic E-state index is 0.733. The van der Waals surface area contributed by atoms with E-state index in [-0.39, 0.29) is 0 Å². The van der Waals surface area contributed by atoms with Gasteiger partial charge in [-0.3, -0.25) is 4.98 Å². The fraction of sp³-hybridized carbons (Fsp3) is 0.100. The SMILES string of the molecule is C1=CCOC=C1.c1ccncc1. The van der Waals surface area contributed by atoms with Gasteiger partial charge in [-0.15, -0.1) is 0 Å². The molecule has 2 rings (SSSR count). The van der Waals surface area contributed by atoms with Gasteiger partial charge in [-0.1, -0.05) is 12.1 Å². The third-order valence-electron chi connectivity index (χ3n) is 1.18. The smallest absolute Gasteiger partial charge is 0.106 e. The fourth-order valence-corrected chi connectivity index (χ4v) is 0.659. The van der Waals surface area contributed by atoms with Crippen LogP contribution in [-0.2, 0) is 4.74 Å². The Morgan fingerprint density at radius 2 is 1.83 bits per heavy atom. The van der Waals surface area contributed by atoms with E-state index in [0.29, 0.717) is 0 Å². The van der Waals surface area contributed by atoms with Gasteiger partial charge in [0.2, 0.25) is 0 Å². The molecule has 2 nitrogen and oxygen atoms in total. The summed E-state index contributed by atoms with van der Waals surface area (Å²) in [6, 6.07) is 5.72. The van der Waals surface area contributed by atoms with Crippen LogP contribution in [0.2, 0.25) is 0 Å². The number of hydrogen-bond donors (Lipinski definition) is 0. The Labute approximate surface area is 72.2 Å². The first-order chi connectivity index (χ1) is 6.00. The van der Waals surface area contributed by atoms with E-state index >= 15 is 0 Å². The lowest BCUT2D eigenvalue weighted by Gasteiger charge is -1.94. The van der Waals surface area contributed by atoms with Crippen LogP contribution in [0.5, 0.6) is 0 Å². The second-order valence-corrected chi connectivity index (χ2v) is 2.11. The van der Waals surface area contributed by atoms with Crippen LogP contribution in [0.3, 0.4) is 0 Å². The Morgan fingerprint density at radius 1 is 1.00 bits per heavy atom. The predicted molar refractivity (Wildman–Crippen MR) is 48.5 cm³/mol. The predicted octanol–water partition coefficient (Wildman–Crippen LogP) is 2.17. The van der Waals surface area contributed by atoms with Gasteiger partial charge < -0.3 is 4.74 Å². The number of pyridine rings is 1. The second-order valence-electron chi connectivity index (χ2n) is 2.11. The summed E-state index contributed by atoms with van der Waals surface area (Å²) in [5, 5.41) is 0. The second kappa shape index (κ2) is 6.16. The highest BCUT2D eigenvalue weighted by Crippen LogP contribution is 1.87. The highest BCUT2D eigenvalue weighted by Gasteiger charge is 1.75. The molecule has 0 aliphatic carbocycles. The van der Waals surface area contributed by atoms with Crippen molar-refractivity contribution in [3.05, 3.63) is 55.1 Å². The molecule has 0 aromatic carbocycles. The largest absolute Gasteiger partial charge is 0.497 e. The van der Waals surface area contributed by atoms with Gasteiger partial charge in [0.25, 0.3) is 0 Å². The zero-order chi connectivity index (χ0) is 8.49. The fourth-order valence-electron chi connectivity index (χ4n) is 0.659. The van der Waals surface area contributed by atoms with Crippen molar-refractivity contribution >= 4 is 0 Å². The van der Waals surface area contributed by atoms with Crippen molar-refractivity contribution in [2.75, 3.05) is 6.61 Å². The summed E-state index contributed by atoms with van der Waals surface area (Å²) in [4.78, 5) is 3.78. The minimum atomic E-state index is 0.733. The molecule has 0 radical (unpaired) electrons. The zero-order valence-electron chi connectivity index (χ0n) is 6.76. The molecular formula is C10H11NO. The van der Waals surface area contributed by atoms with Crippen molar-refractivity contribution in [1.29, 1.82) is 0 Å². The lowest BCUT2D eigenvalue weighted by molar-refractivity contribution is 0.286. The van der Waals surface area contributed by atoms with Crippen molar-refractivity contribution in [3.8, 4) is 0 Å². The quantitative estimate of drug-likeness (QED) is 0.581. The molecule has 1 aromatic rings. The number of ether oxygens (including phenoxy) is 1. The van der Waals surface area contributed by atoms with Gasteiger partial charge in [0.1, 0.15) is 6.61 Å². The molecule has 0 atom stereocenters. The number of aromatic nitrogens is 1. The molecule has 0 N–H and O–H groups in total. The standard InChI is InChI=1S/C5H5N.C5H6O/c2*1-2-4-6-5-3-1/h1-5H;1-4H,5H2. The van der Waals surface area contributed by atoms with Gasteiger partial charge in [-0.25, -0.2) is 0 Å².